The molecule has 2 heterocycles. The number of nitrogens with two attached hydrogens (primary N) is 1. The van der Waals surface area contributed by atoms with E-state index in [9.17, 15) is 4.79 Å². The fourth-order valence-electron chi connectivity index (χ4n) is 1.98. The van der Waals surface area contributed by atoms with Crippen molar-refractivity contribution < 1.29 is 4.79 Å². The molecule has 0 spiro atoms. The first-order valence-electron chi connectivity index (χ1n) is 5.75. The number of hydrogen-bond donors (Lipinski definition) is 2. The number of rotatable bonds is 3. The van der Waals surface area contributed by atoms with Gasteiger partial charge in [-0.15, -0.1) is 10.2 Å². The third-order valence-corrected chi connectivity index (χ3v) is 3.05. The SMILES string of the molecule is CNC(=O)c1ccc(N2CCC(CN)C2)nn1. The molecule has 1 atom stereocenters. The molecule has 1 aliphatic heterocycles. The van der Waals surface area contributed by atoms with Crippen LogP contribution in [0.3, 0.4) is 0 Å². The molecule has 1 aromatic heterocycles. The normalized spacial score (nSPS) is 19.4. The van der Waals surface area contributed by atoms with E-state index in [0.29, 0.717) is 18.2 Å². The monoisotopic (exact) mass is 235 g/mol. The van der Waals surface area contributed by atoms with Crippen LogP contribution < -0.4 is 16.0 Å². The zero-order valence-corrected chi connectivity index (χ0v) is 9.89. The summed E-state index contributed by atoms with van der Waals surface area (Å²) in [5, 5.41) is 10.5. The second-order valence-corrected chi connectivity index (χ2v) is 4.19. The molecule has 1 aliphatic rings. The Morgan fingerprint density at radius 3 is 2.94 bits per heavy atom. The fraction of sp³-hybridized carbons (Fsp3) is 0.545. The summed E-state index contributed by atoms with van der Waals surface area (Å²) in [7, 11) is 1.57. The molecule has 0 radical (unpaired) electrons. The van der Waals surface area contributed by atoms with E-state index < -0.39 is 0 Å². The van der Waals surface area contributed by atoms with Gasteiger partial charge in [0.25, 0.3) is 5.91 Å². The minimum absolute atomic E-state index is 0.217. The number of carbonyl (C=O) groups is 1. The van der Waals surface area contributed by atoms with Crippen molar-refractivity contribution in [2.75, 3.05) is 31.6 Å². The van der Waals surface area contributed by atoms with Crippen LogP contribution >= 0.6 is 0 Å². The second-order valence-electron chi connectivity index (χ2n) is 4.19. The Morgan fingerprint density at radius 2 is 2.41 bits per heavy atom. The van der Waals surface area contributed by atoms with Gasteiger partial charge in [0.05, 0.1) is 0 Å². The molecular weight excluding hydrogens is 218 g/mol. The molecule has 1 aromatic rings. The van der Waals surface area contributed by atoms with Crippen molar-refractivity contribution in [1.82, 2.24) is 15.5 Å². The quantitative estimate of drug-likeness (QED) is 0.746. The molecule has 1 unspecified atom stereocenters. The van der Waals surface area contributed by atoms with Crippen molar-refractivity contribution in [1.29, 1.82) is 0 Å². The average molecular weight is 235 g/mol. The van der Waals surface area contributed by atoms with Gasteiger partial charge in [-0.25, -0.2) is 0 Å². The maximum Gasteiger partial charge on any atom is 0.271 e. The first-order valence-corrected chi connectivity index (χ1v) is 5.75. The van der Waals surface area contributed by atoms with Crippen LogP contribution in [0.2, 0.25) is 0 Å². The van der Waals surface area contributed by atoms with Gasteiger partial charge in [0.1, 0.15) is 0 Å². The van der Waals surface area contributed by atoms with Gasteiger partial charge in [-0.05, 0) is 31.0 Å². The van der Waals surface area contributed by atoms with Gasteiger partial charge >= 0.3 is 0 Å². The zero-order valence-electron chi connectivity index (χ0n) is 9.89. The summed E-state index contributed by atoms with van der Waals surface area (Å²) in [4.78, 5) is 13.5. The number of hydrogen-bond acceptors (Lipinski definition) is 5. The summed E-state index contributed by atoms with van der Waals surface area (Å²) < 4.78 is 0. The van der Waals surface area contributed by atoms with Gasteiger partial charge in [-0.1, -0.05) is 0 Å². The number of nitrogens with zero attached hydrogens (tertiary/aromatic N) is 3. The number of amides is 1. The fourth-order valence-corrected chi connectivity index (χ4v) is 1.98. The molecule has 0 aromatic carbocycles. The lowest BCUT2D eigenvalue weighted by molar-refractivity contribution is 0.0957. The molecule has 92 valence electrons. The minimum atomic E-state index is -0.217. The predicted molar refractivity (Wildman–Crippen MR) is 64.8 cm³/mol. The molecular formula is C11H17N5O. The minimum Gasteiger partial charge on any atom is -0.355 e. The molecule has 1 saturated heterocycles. The van der Waals surface area contributed by atoms with Crippen molar-refractivity contribution >= 4 is 11.7 Å². The average Bonchev–Trinajstić information content (AvgIpc) is 2.87. The molecule has 0 saturated carbocycles. The van der Waals surface area contributed by atoms with E-state index in [2.05, 4.69) is 20.4 Å². The van der Waals surface area contributed by atoms with Gasteiger partial charge in [-0.3, -0.25) is 4.79 Å². The molecule has 0 aliphatic carbocycles. The van der Waals surface area contributed by atoms with Gasteiger partial charge in [0, 0.05) is 20.1 Å². The van der Waals surface area contributed by atoms with Crippen LogP contribution in [-0.2, 0) is 0 Å². The number of carbonyl (C=O) groups excluding carboxylic acids is 1. The Bertz CT molecular complexity index is 391. The van der Waals surface area contributed by atoms with Crippen LogP contribution in [-0.4, -0.2) is 42.8 Å². The Balaban J connectivity index is 2.06. The largest absolute Gasteiger partial charge is 0.355 e. The Labute approximate surface area is 100 Å². The molecule has 6 nitrogen and oxygen atoms in total. The van der Waals surface area contributed by atoms with Crippen molar-refractivity contribution in [3.8, 4) is 0 Å². The van der Waals surface area contributed by atoms with E-state index >= 15 is 0 Å². The summed E-state index contributed by atoms with van der Waals surface area (Å²) in [6.07, 6.45) is 1.09. The third-order valence-electron chi connectivity index (χ3n) is 3.05. The van der Waals surface area contributed by atoms with Crippen LogP contribution in [0.15, 0.2) is 12.1 Å². The molecule has 2 rings (SSSR count). The van der Waals surface area contributed by atoms with E-state index in [-0.39, 0.29) is 5.91 Å². The van der Waals surface area contributed by atoms with Gasteiger partial charge in [-0.2, -0.15) is 0 Å². The topological polar surface area (TPSA) is 84.1 Å². The van der Waals surface area contributed by atoms with Crippen LogP contribution in [0.25, 0.3) is 0 Å². The van der Waals surface area contributed by atoms with E-state index in [4.69, 9.17) is 5.73 Å². The highest BCUT2D eigenvalue weighted by Crippen LogP contribution is 2.20. The molecule has 17 heavy (non-hydrogen) atoms. The molecule has 0 bridgehead atoms. The summed E-state index contributed by atoms with van der Waals surface area (Å²) in [5.41, 5.74) is 5.98. The number of nitrogens with one attached hydrogen (secondary N) is 1. The van der Waals surface area contributed by atoms with Gasteiger partial charge in [0.15, 0.2) is 11.5 Å². The molecule has 1 amide bonds. The first-order chi connectivity index (χ1) is 8.24. The second kappa shape index (κ2) is 5.09. The summed E-state index contributed by atoms with van der Waals surface area (Å²) in [5.74, 6) is 1.13. The van der Waals surface area contributed by atoms with Crippen molar-refractivity contribution in [3.63, 3.8) is 0 Å². The highest BCUT2D eigenvalue weighted by Gasteiger charge is 2.22. The number of anilines is 1. The van der Waals surface area contributed by atoms with Crippen molar-refractivity contribution in [2.24, 2.45) is 11.7 Å². The molecule has 3 N–H and O–H groups in total. The van der Waals surface area contributed by atoms with Gasteiger partial charge in [0.2, 0.25) is 0 Å². The van der Waals surface area contributed by atoms with E-state index in [1.54, 1.807) is 13.1 Å². The van der Waals surface area contributed by atoms with Crippen LogP contribution in [0.4, 0.5) is 5.82 Å². The number of aromatic nitrogens is 2. The Hall–Kier alpha value is -1.69. The standard InChI is InChI=1S/C11H17N5O/c1-13-11(17)9-2-3-10(15-14-9)16-5-4-8(6-12)7-16/h2-3,8H,4-7,12H2,1H3,(H,13,17). The lowest BCUT2D eigenvalue weighted by Gasteiger charge is -2.16. The summed E-state index contributed by atoms with van der Waals surface area (Å²) in [6, 6.07) is 3.52. The highest BCUT2D eigenvalue weighted by molar-refractivity contribution is 5.91. The molecule has 1 fully saturated rings. The maximum absolute atomic E-state index is 11.3. The molecule has 6 heteroatoms. The smallest absolute Gasteiger partial charge is 0.271 e. The van der Waals surface area contributed by atoms with Crippen LogP contribution in [0.1, 0.15) is 16.9 Å². The lowest BCUT2D eigenvalue weighted by Crippen LogP contribution is -2.25. The highest BCUT2D eigenvalue weighted by atomic mass is 16.1. The zero-order chi connectivity index (χ0) is 12.3. The predicted octanol–water partition coefficient (Wildman–Crippen LogP) is -0.379. The van der Waals surface area contributed by atoms with Crippen molar-refractivity contribution in [2.45, 2.75) is 6.42 Å². The Kier molecular flexibility index (Phi) is 3.53. The maximum atomic E-state index is 11.3. The van der Waals surface area contributed by atoms with E-state index in [0.717, 1.165) is 25.3 Å². The first kappa shape index (κ1) is 11.8. The summed E-state index contributed by atoms with van der Waals surface area (Å²) in [6.45, 7) is 2.58. The Morgan fingerprint density at radius 1 is 1.59 bits per heavy atom. The van der Waals surface area contributed by atoms with E-state index in [1.165, 1.54) is 0 Å². The van der Waals surface area contributed by atoms with Crippen LogP contribution in [0, 0.1) is 5.92 Å². The van der Waals surface area contributed by atoms with Gasteiger partial charge < -0.3 is 16.0 Å². The van der Waals surface area contributed by atoms with Crippen LogP contribution in [0.5, 0.6) is 0 Å². The third kappa shape index (κ3) is 2.52. The summed E-state index contributed by atoms with van der Waals surface area (Å²) >= 11 is 0. The van der Waals surface area contributed by atoms with Crippen molar-refractivity contribution in [3.05, 3.63) is 17.8 Å². The lowest BCUT2D eigenvalue weighted by atomic mass is 10.1. The van der Waals surface area contributed by atoms with E-state index in [1.807, 2.05) is 6.07 Å².